The number of rotatable bonds is 4. The Kier molecular flexibility index (Phi) is 3.88. The molecule has 4 bridgehead atoms. The van der Waals surface area contributed by atoms with Crippen LogP contribution >= 0.6 is 0 Å². The largest absolute Gasteiger partial charge is 0.447 e. The van der Waals surface area contributed by atoms with Crippen LogP contribution in [0.1, 0.15) is 46.0 Å². The van der Waals surface area contributed by atoms with Gasteiger partial charge in [0.15, 0.2) is 10.8 Å². The molecule has 0 radical (unpaired) electrons. The van der Waals surface area contributed by atoms with Gasteiger partial charge in [0, 0.05) is 6.42 Å². The third kappa shape index (κ3) is 1.88. The highest BCUT2D eigenvalue weighted by Gasteiger charge is 2.80. The zero-order valence-electron chi connectivity index (χ0n) is 15.7. The molecule has 4 aliphatic rings. The second kappa shape index (κ2) is 5.82. The van der Waals surface area contributed by atoms with E-state index in [-0.39, 0.29) is 17.7 Å². The maximum Gasteiger partial charge on any atom is 0.217 e. The van der Waals surface area contributed by atoms with E-state index in [1.54, 1.807) is 0 Å². The van der Waals surface area contributed by atoms with Crippen molar-refractivity contribution in [2.45, 2.75) is 57.8 Å². The van der Waals surface area contributed by atoms with Crippen molar-refractivity contribution in [2.24, 2.45) is 34.5 Å². The molecule has 140 valence electrons. The first-order valence-electron chi connectivity index (χ1n) is 9.86. The predicted octanol–water partition coefficient (Wildman–Crippen LogP) is 3.67. The van der Waals surface area contributed by atoms with Gasteiger partial charge in [-0.15, -0.1) is 0 Å². The van der Waals surface area contributed by atoms with Gasteiger partial charge in [0.1, 0.15) is 0 Å². The fourth-order valence-electron chi connectivity index (χ4n) is 6.28. The topological polar surface area (TPSA) is 114 Å². The van der Waals surface area contributed by atoms with Gasteiger partial charge in [-0.1, -0.05) is 26.0 Å². The van der Waals surface area contributed by atoms with Gasteiger partial charge in [-0.2, -0.15) is 15.8 Å². The van der Waals surface area contributed by atoms with Crippen LogP contribution in [0, 0.1) is 73.9 Å². The summed E-state index contributed by atoms with van der Waals surface area (Å²) in [5.41, 5.74) is -3.33. The molecule has 4 rings (SSSR count). The van der Waals surface area contributed by atoms with Gasteiger partial charge < -0.3 is 9.47 Å². The summed E-state index contributed by atoms with van der Waals surface area (Å²) in [6, 6.07) is 6.59. The molecule has 6 heteroatoms. The van der Waals surface area contributed by atoms with E-state index < -0.39 is 28.6 Å². The predicted molar refractivity (Wildman–Crippen MR) is 95.7 cm³/mol. The zero-order valence-corrected chi connectivity index (χ0v) is 15.7. The Morgan fingerprint density at radius 3 is 2.37 bits per heavy atom. The molecule has 27 heavy (non-hydrogen) atoms. The van der Waals surface area contributed by atoms with Crippen LogP contribution in [0.25, 0.3) is 0 Å². The summed E-state index contributed by atoms with van der Waals surface area (Å²) < 4.78 is 12.5. The molecular weight excluding hydrogens is 340 g/mol. The van der Waals surface area contributed by atoms with Gasteiger partial charge in [-0.25, -0.2) is 0 Å². The quantitative estimate of drug-likeness (QED) is 0.764. The first-order chi connectivity index (χ1) is 13.0. The summed E-state index contributed by atoms with van der Waals surface area (Å²) in [7, 11) is 0. The molecule has 2 heterocycles. The van der Waals surface area contributed by atoms with E-state index in [4.69, 9.17) is 14.9 Å². The lowest BCUT2D eigenvalue weighted by Gasteiger charge is -2.52. The van der Waals surface area contributed by atoms with Gasteiger partial charge in [0.2, 0.25) is 11.7 Å². The highest BCUT2D eigenvalue weighted by molar-refractivity contribution is 5.89. The lowest BCUT2D eigenvalue weighted by molar-refractivity contribution is -0.295. The molecule has 1 saturated carbocycles. The van der Waals surface area contributed by atoms with Crippen LogP contribution in [0.2, 0.25) is 0 Å². The van der Waals surface area contributed by atoms with E-state index in [1.807, 2.05) is 13.8 Å². The smallest absolute Gasteiger partial charge is 0.217 e. The van der Waals surface area contributed by atoms with Gasteiger partial charge in [-0.05, 0) is 43.4 Å². The van der Waals surface area contributed by atoms with Crippen molar-refractivity contribution < 1.29 is 9.47 Å². The minimum atomic E-state index is -1.74. The molecule has 3 fully saturated rings. The summed E-state index contributed by atoms with van der Waals surface area (Å²) in [4.78, 5) is 0. The molecule has 1 N–H and O–H groups in total. The van der Waals surface area contributed by atoms with Crippen molar-refractivity contribution in [3.63, 3.8) is 0 Å². The Bertz CT molecular complexity index is 817. The van der Waals surface area contributed by atoms with Crippen LogP contribution in [0.15, 0.2) is 12.2 Å². The van der Waals surface area contributed by atoms with Gasteiger partial charge in [0.25, 0.3) is 0 Å². The monoisotopic (exact) mass is 364 g/mol. The van der Waals surface area contributed by atoms with Gasteiger partial charge in [0.05, 0.1) is 30.2 Å². The Morgan fingerprint density at radius 2 is 1.89 bits per heavy atom. The summed E-state index contributed by atoms with van der Waals surface area (Å²) in [5.74, 6) is -1.18. The Hall–Kier alpha value is -2.36. The number of hydrogen-bond donors (Lipinski definition) is 1. The zero-order chi connectivity index (χ0) is 19.4. The molecule has 0 aromatic rings. The van der Waals surface area contributed by atoms with E-state index in [9.17, 15) is 15.8 Å². The molecule has 2 aliphatic heterocycles. The fraction of sp³-hybridized carbons (Fsp3) is 0.714. The van der Waals surface area contributed by atoms with E-state index in [1.165, 1.54) is 0 Å². The van der Waals surface area contributed by atoms with Crippen molar-refractivity contribution in [1.29, 1.82) is 21.2 Å². The van der Waals surface area contributed by atoms with Gasteiger partial charge in [-0.3, -0.25) is 5.41 Å². The fourth-order valence-corrected chi connectivity index (χ4v) is 6.28. The molecule has 0 amide bonds. The number of hydrogen-bond acceptors (Lipinski definition) is 6. The first-order valence-corrected chi connectivity index (χ1v) is 9.86. The van der Waals surface area contributed by atoms with Crippen LogP contribution in [-0.2, 0) is 9.47 Å². The van der Waals surface area contributed by atoms with Crippen molar-refractivity contribution in [3.8, 4) is 18.2 Å². The lowest BCUT2D eigenvalue weighted by atomic mass is 9.51. The number of fused-ring (bicyclic) bond motifs is 4. The number of ether oxygens (including phenoxy) is 2. The standard InChI is InChI=1S/C21H24N4O2/c1-3-7-21-16(4-2)20(12-24,18(25)27-21)19(10-22,11-23)17(26-21)15-9-13-5-6-14(15)8-13/h5-6,13-17,25H,3-4,7-9H2,1-2H3. The van der Waals surface area contributed by atoms with E-state index in [0.717, 1.165) is 19.3 Å². The minimum Gasteiger partial charge on any atom is -0.447 e. The maximum atomic E-state index is 10.3. The van der Waals surface area contributed by atoms with Crippen LogP contribution < -0.4 is 0 Å². The molecule has 7 unspecified atom stereocenters. The van der Waals surface area contributed by atoms with Crippen LogP contribution in [-0.4, -0.2) is 17.8 Å². The van der Waals surface area contributed by atoms with Crippen LogP contribution in [0.4, 0.5) is 0 Å². The number of nitrogens with zero attached hydrogens (tertiary/aromatic N) is 3. The van der Waals surface area contributed by atoms with Crippen molar-refractivity contribution >= 4 is 5.90 Å². The average Bonchev–Trinajstić information content (AvgIpc) is 3.34. The summed E-state index contributed by atoms with van der Waals surface area (Å²) in [6.45, 7) is 3.92. The SMILES string of the molecule is CCCC12OC(=N)C(C#N)(C1CC)C(C#N)(C#N)C(C1CC3C=CC1C3)O2. The van der Waals surface area contributed by atoms with E-state index in [0.29, 0.717) is 18.8 Å². The first kappa shape index (κ1) is 18.0. The highest BCUT2D eigenvalue weighted by atomic mass is 16.7. The normalized spacial score (nSPS) is 45.7. The summed E-state index contributed by atoms with van der Waals surface area (Å²) >= 11 is 0. The van der Waals surface area contributed by atoms with E-state index in [2.05, 4.69) is 30.4 Å². The van der Waals surface area contributed by atoms with Crippen molar-refractivity contribution in [3.05, 3.63) is 12.2 Å². The van der Waals surface area contributed by atoms with Crippen LogP contribution in [0.3, 0.4) is 0 Å². The molecular formula is C21H24N4O2. The lowest BCUT2D eigenvalue weighted by Crippen LogP contribution is -2.64. The molecule has 2 aliphatic carbocycles. The molecule has 0 aromatic carbocycles. The molecule has 7 atom stereocenters. The van der Waals surface area contributed by atoms with Gasteiger partial charge >= 0.3 is 0 Å². The maximum absolute atomic E-state index is 10.3. The molecule has 2 saturated heterocycles. The Balaban J connectivity index is 1.93. The summed E-state index contributed by atoms with van der Waals surface area (Å²) in [5, 5.41) is 39.3. The molecule has 6 nitrogen and oxygen atoms in total. The highest BCUT2D eigenvalue weighted by Crippen LogP contribution is 2.67. The third-order valence-electron chi connectivity index (χ3n) is 7.32. The molecule has 0 spiro atoms. The summed E-state index contributed by atoms with van der Waals surface area (Å²) in [6.07, 6.45) is 7.30. The second-order valence-electron chi connectivity index (χ2n) is 8.39. The van der Waals surface area contributed by atoms with E-state index >= 15 is 0 Å². The number of allylic oxidation sites excluding steroid dienone is 2. The van der Waals surface area contributed by atoms with Crippen LogP contribution in [0.5, 0.6) is 0 Å². The Labute approximate surface area is 159 Å². The Morgan fingerprint density at radius 1 is 1.15 bits per heavy atom. The van der Waals surface area contributed by atoms with Crippen molar-refractivity contribution in [2.75, 3.05) is 0 Å². The molecule has 0 aromatic heterocycles. The average molecular weight is 364 g/mol. The third-order valence-corrected chi connectivity index (χ3v) is 7.32. The second-order valence-corrected chi connectivity index (χ2v) is 8.39. The minimum absolute atomic E-state index is 0.00411. The number of nitriles is 3. The number of nitrogens with one attached hydrogen (secondary N) is 1. The van der Waals surface area contributed by atoms with Crippen molar-refractivity contribution in [1.82, 2.24) is 0 Å².